The number of allylic oxidation sites excluding steroid dienone is 3. The topological polar surface area (TPSA) is 26.0 Å². The molecule has 0 heterocycles. The summed E-state index contributed by atoms with van der Waals surface area (Å²) >= 11 is 0. The van der Waals surface area contributed by atoms with Crippen LogP contribution in [0.15, 0.2) is 24.3 Å². The Balaban J connectivity index is 1.88. The van der Waals surface area contributed by atoms with Gasteiger partial charge in [0.15, 0.2) is 0 Å². The maximum absolute atomic E-state index is 6.15. The van der Waals surface area contributed by atoms with Crippen molar-refractivity contribution in [2.75, 3.05) is 0 Å². The lowest BCUT2D eigenvalue weighted by atomic mass is 9.68. The molecular weight excluding hydrogens is 170 g/mol. The van der Waals surface area contributed by atoms with Gasteiger partial charge >= 0.3 is 0 Å². The van der Waals surface area contributed by atoms with E-state index in [-0.39, 0.29) is 0 Å². The minimum Gasteiger partial charge on any atom is -0.324 e. The number of hydrogen-bond donors (Lipinski definition) is 1. The number of hydrogen-bond acceptors (Lipinski definition) is 1. The molecule has 1 nitrogen and oxygen atoms in total. The SMILES string of the molecule is NC1C=CC(C2CC2)C2C=CCCC12. The van der Waals surface area contributed by atoms with Gasteiger partial charge in [-0.15, -0.1) is 0 Å². The highest BCUT2D eigenvalue weighted by molar-refractivity contribution is 5.17. The van der Waals surface area contributed by atoms with Crippen LogP contribution in [0.3, 0.4) is 0 Å². The van der Waals surface area contributed by atoms with Crippen molar-refractivity contribution in [2.45, 2.75) is 31.7 Å². The first-order valence-electron chi connectivity index (χ1n) is 5.97. The number of nitrogens with two attached hydrogens (primary N) is 1. The quantitative estimate of drug-likeness (QED) is 0.630. The van der Waals surface area contributed by atoms with Gasteiger partial charge in [-0.1, -0.05) is 24.3 Å². The van der Waals surface area contributed by atoms with Crippen molar-refractivity contribution >= 4 is 0 Å². The van der Waals surface area contributed by atoms with Crippen LogP contribution in [0, 0.1) is 23.7 Å². The molecule has 3 rings (SSSR count). The van der Waals surface area contributed by atoms with Crippen molar-refractivity contribution in [2.24, 2.45) is 29.4 Å². The predicted molar refractivity (Wildman–Crippen MR) is 58.7 cm³/mol. The average Bonchev–Trinajstić information content (AvgIpc) is 3.03. The van der Waals surface area contributed by atoms with E-state index in [1.807, 2.05) is 0 Å². The normalized spacial score (nSPS) is 46.4. The van der Waals surface area contributed by atoms with Crippen LogP contribution < -0.4 is 5.73 Å². The van der Waals surface area contributed by atoms with Crippen LogP contribution in [-0.4, -0.2) is 6.04 Å². The zero-order valence-electron chi connectivity index (χ0n) is 8.60. The molecule has 4 unspecified atom stereocenters. The molecule has 3 aliphatic rings. The van der Waals surface area contributed by atoms with Gasteiger partial charge in [0.05, 0.1) is 0 Å². The Morgan fingerprint density at radius 1 is 0.929 bits per heavy atom. The predicted octanol–water partition coefficient (Wildman–Crippen LogP) is 2.49. The summed E-state index contributed by atoms with van der Waals surface area (Å²) in [6.45, 7) is 0. The summed E-state index contributed by atoms with van der Waals surface area (Å²) in [6.07, 6.45) is 14.9. The van der Waals surface area contributed by atoms with Crippen LogP contribution in [0.2, 0.25) is 0 Å². The minimum atomic E-state index is 0.319. The van der Waals surface area contributed by atoms with E-state index in [0.29, 0.717) is 6.04 Å². The molecule has 0 radical (unpaired) electrons. The molecule has 3 aliphatic carbocycles. The van der Waals surface area contributed by atoms with Crippen molar-refractivity contribution in [3.8, 4) is 0 Å². The molecular formula is C13H19N. The summed E-state index contributed by atoms with van der Waals surface area (Å²) in [5.74, 6) is 3.29. The van der Waals surface area contributed by atoms with Crippen molar-refractivity contribution < 1.29 is 0 Å². The van der Waals surface area contributed by atoms with E-state index in [2.05, 4.69) is 24.3 Å². The fourth-order valence-electron chi connectivity index (χ4n) is 3.22. The van der Waals surface area contributed by atoms with Gasteiger partial charge in [-0.3, -0.25) is 0 Å². The highest BCUT2D eigenvalue weighted by Crippen LogP contribution is 2.48. The van der Waals surface area contributed by atoms with Gasteiger partial charge < -0.3 is 5.73 Å². The van der Waals surface area contributed by atoms with Gasteiger partial charge in [0, 0.05) is 6.04 Å². The van der Waals surface area contributed by atoms with Crippen LogP contribution in [0.4, 0.5) is 0 Å². The van der Waals surface area contributed by atoms with Crippen molar-refractivity contribution in [1.29, 1.82) is 0 Å². The zero-order chi connectivity index (χ0) is 9.54. The van der Waals surface area contributed by atoms with Crippen LogP contribution in [0.1, 0.15) is 25.7 Å². The average molecular weight is 189 g/mol. The van der Waals surface area contributed by atoms with Gasteiger partial charge in [0.25, 0.3) is 0 Å². The molecule has 0 spiro atoms. The first kappa shape index (κ1) is 8.72. The molecule has 0 aromatic heterocycles. The van der Waals surface area contributed by atoms with Crippen LogP contribution >= 0.6 is 0 Å². The Morgan fingerprint density at radius 3 is 2.57 bits per heavy atom. The third-order valence-electron chi connectivity index (χ3n) is 4.18. The second-order valence-corrected chi connectivity index (χ2v) is 5.12. The highest BCUT2D eigenvalue weighted by atomic mass is 14.7. The third kappa shape index (κ3) is 1.35. The monoisotopic (exact) mass is 189 g/mol. The lowest BCUT2D eigenvalue weighted by molar-refractivity contribution is 0.236. The molecule has 76 valence electrons. The second kappa shape index (κ2) is 3.23. The molecule has 1 heteroatoms. The summed E-state index contributed by atoms with van der Waals surface area (Å²) in [5, 5.41) is 0. The van der Waals surface area contributed by atoms with E-state index in [1.54, 1.807) is 0 Å². The van der Waals surface area contributed by atoms with Crippen LogP contribution in [-0.2, 0) is 0 Å². The fourth-order valence-corrected chi connectivity index (χ4v) is 3.22. The van der Waals surface area contributed by atoms with Gasteiger partial charge in [0.2, 0.25) is 0 Å². The van der Waals surface area contributed by atoms with Crippen molar-refractivity contribution in [3.63, 3.8) is 0 Å². The summed E-state index contributed by atoms with van der Waals surface area (Å²) in [5.41, 5.74) is 6.15. The molecule has 2 N–H and O–H groups in total. The third-order valence-corrected chi connectivity index (χ3v) is 4.18. The lowest BCUT2D eigenvalue weighted by Crippen LogP contribution is -2.40. The molecule has 0 aliphatic heterocycles. The summed E-state index contributed by atoms with van der Waals surface area (Å²) < 4.78 is 0. The molecule has 0 amide bonds. The van der Waals surface area contributed by atoms with Crippen molar-refractivity contribution in [1.82, 2.24) is 0 Å². The Bertz CT molecular complexity index is 275. The van der Waals surface area contributed by atoms with E-state index in [9.17, 15) is 0 Å². The summed E-state index contributed by atoms with van der Waals surface area (Å²) in [4.78, 5) is 0. The van der Waals surface area contributed by atoms with Gasteiger partial charge in [-0.05, 0) is 49.4 Å². The van der Waals surface area contributed by atoms with E-state index in [0.717, 1.165) is 23.7 Å². The molecule has 4 atom stereocenters. The standard InChI is InChI=1S/C13H19N/c14-13-8-7-10(9-5-6-9)11-3-1-2-4-12(11)13/h1,3,7-13H,2,4-6,14H2. The Kier molecular flexibility index (Phi) is 2.01. The first-order chi connectivity index (χ1) is 6.86. The molecule has 14 heavy (non-hydrogen) atoms. The number of fused-ring (bicyclic) bond motifs is 1. The largest absolute Gasteiger partial charge is 0.324 e. The molecule has 1 fully saturated rings. The Hall–Kier alpha value is -0.560. The summed E-state index contributed by atoms with van der Waals surface area (Å²) in [6, 6.07) is 0.319. The second-order valence-electron chi connectivity index (χ2n) is 5.12. The maximum atomic E-state index is 6.15. The van der Waals surface area contributed by atoms with Crippen molar-refractivity contribution in [3.05, 3.63) is 24.3 Å². The highest BCUT2D eigenvalue weighted by Gasteiger charge is 2.41. The lowest BCUT2D eigenvalue weighted by Gasteiger charge is -2.39. The Morgan fingerprint density at radius 2 is 1.79 bits per heavy atom. The van der Waals surface area contributed by atoms with Gasteiger partial charge in [0.1, 0.15) is 0 Å². The van der Waals surface area contributed by atoms with E-state index < -0.39 is 0 Å². The minimum absolute atomic E-state index is 0.319. The van der Waals surface area contributed by atoms with E-state index in [1.165, 1.54) is 25.7 Å². The maximum Gasteiger partial charge on any atom is 0.0258 e. The zero-order valence-corrected chi connectivity index (χ0v) is 8.60. The summed E-state index contributed by atoms with van der Waals surface area (Å²) in [7, 11) is 0. The molecule has 0 saturated heterocycles. The van der Waals surface area contributed by atoms with Gasteiger partial charge in [-0.25, -0.2) is 0 Å². The Labute approximate surface area is 86.1 Å². The first-order valence-corrected chi connectivity index (χ1v) is 5.97. The molecule has 0 aromatic carbocycles. The molecule has 0 bridgehead atoms. The van der Waals surface area contributed by atoms with Gasteiger partial charge in [-0.2, -0.15) is 0 Å². The van der Waals surface area contributed by atoms with Crippen LogP contribution in [0.5, 0.6) is 0 Å². The molecule has 1 saturated carbocycles. The smallest absolute Gasteiger partial charge is 0.0258 e. The number of rotatable bonds is 1. The van der Waals surface area contributed by atoms with Crippen LogP contribution in [0.25, 0.3) is 0 Å². The fraction of sp³-hybridized carbons (Fsp3) is 0.692. The molecule has 0 aromatic rings. The van der Waals surface area contributed by atoms with E-state index >= 15 is 0 Å². The van der Waals surface area contributed by atoms with E-state index in [4.69, 9.17) is 5.73 Å².